The third-order valence-electron chi connectivity index (χ3n) is 3.48. The van der Waals surface area contributed by atoms with E-state index in [1.54, 1.807) is 24.5 Å². The fourth-order valence-electron chi connectivity index (χ4n) is 2.24. The van der Waals surface area contributed by atoms with Crippen LogP contribution in [0.25, 0.3) is 22.8 Å². The van der Waals surface area contributed by atoms with Gasteiger partial charge in [0.25, 0.3) is 5.22 Å². The number of hydrogen-bond acceptors (Lipinski definition) is 8. The highest BCUT2D eigenvalue weighted by Gasteiger charge is 2.14. The Kier molecular flexibility index (Phi) is 4.68. The van der Waals surface area contributed by atoms with Crippen LogP contribution in [0.1, 0.15) is 11.5 Å². The second kappa shape index (κ2) is 7.27. The minimum Gasteiger partial charge on any atom is -0.411 e. The van der Waals surface area contributed by atoms with Gasteiger partial charge < -0.3 is 8.94 Å². The summed E-state index contributed by atoms with van der Waals surface area (Å²) in [5.74, 6) is 1.75. The average molecular weight is 386 g/mol. The molecular weight excluding hydrogens is 374 g/mol. The molecule has 26 heavy (non-hydrogen) atoms. The van der Waals surface area contributed by atoms with E-state index in [4.69, 9.17) is 20.5 Å². The van der Waals surface area contributed by atoms with Crippen molar-refractivity contribution in [3.63, 3.8) is 0 Å². The second-order valence-electron chi connectivity index (χ2n) is 5.39. The third-order valence-corrected chi connectivity index (χ3v) is 4.62. The molecule has 0 unspecified atom stereocenters. The van der Waals surface area contributed by atoms with Gasteiger partial charge >= 0.3 is 0 Å². The van der Waals surface area contributed by atoms with E-state index >= 15 is 0 Å². The molecule has 4 rings (SSSR count). The number of aryl methyl sites for hydroxylation is 1. The molecule has 0 saturated heterocycles. The molecule has 0 aliphatic rings. The number of thioether (sulfide) groups is 1. The molecule has 7 nitrogen and oxygen atoms in total. The van der Waals surface area contributed by atoms with Gasteiger partial charge in [0.2, 0.25) is 17.6 Å². The lowest BCUT2D eigenvalue weighted by Gasteiger charge is -1.99. The molecular formula is C17H12ClN5O2S. The zero-order valence-corrected chi connectivity index (χ0v) is 15.2. The van der Waals surface area contributed by atoms with E-state index < -0.39 is 0 Å². The molecule has 0 aliphatic carbocycles. The fourth-order valence-corrected chi connectivity index (χ4v) is 3.04. The number of aromatic nitrogens is 5. The van der Waals surface area contributed by atoms with Crippen molar-refractivity contribution in [1.82, 2.24) is 25.3 Å². The van der Waals surface area contributed by atoms with Gasteiger partial charge in [0.15, 0.2) is 0 Å². The van der Waals surface area contributed by atoms with Gasteiger partial charge in [-0.3, -0.25) is 4.98 Å². The van der Waals surface area contributed by atoms with Crippen molar-refractivity contribution < 1.29 is 8.94 Å². The van der Waals surface area contributed by atoms with Crippen LogP contribution in [-0.2, 0) is 5.75 Å². The summed E-state index contributed by atoms with van der Waals surface area (Å²) in [6, 6.07) is 9.27. The van der Waals surface area contributed by atoms with Crippen LogP contribution in [0.4, 0.5) is 0 Å². The summed E-state index contributed by atoms with van der Waals surface area (Å²) in [5.41, 5.74) is 2.62. The summed E-state index contributed by atoms with van der Waals surface area (Å²) in [7, 11) is 0. The van der Waals surface area contributed by atoms with Crippen molar-refractivity contribution in [2.75, 3.05) is 0 Å². The molecule has 0 fully saturated rings. The predicted molar refractivity (Wildman–Crippen MR) is 96.6 cm³/mol. The highest BCUT2D eigenvalue weighted by atomic mass is 35.5. The van der Waals surface area contributed by atoms with Crippen LogP contribution in [-0.4, -0.2) is 25.3 Å². The van der Waals surface area contributed by atoms with E-state index in [0.29, 0.717) is 33.6 Å². The lowest BCUT2D eigenvalue weighted by molar-refractivity contribution is 0.391. The quantitative estimate of drug-likeness (QED) is 0.466. The molecule has 130 valence electrons. The Hall–Kier alpha value is -2.71. The van der Waals surface area contributed by atoms with E-state index in [-0.39, 0.29) is 0 Å². The first-order valence-electron chi connectivity index (χ1n) is 7.65. The first-order valence-corrected chi connectivity index (χ1v) is 9.01. The molecule has 3 aromatic heterocycles. The summed E-state index contributed by atoms with van der Waals surface area (Å²) in [4.78, 5) is 8.34. The SMILES string of the molecule is Cc1ccc(Cl)c(-c2noc(CSc3nnc(-c4ccncc4)o3)n2)c1. The Balaban J connectivity index is 1.46. The van der Waals surface area contributed by atoms with Gasteiger partial charge in [-0.15, -0.1) is 10.2 Å². The monoisotopic (exact) mass is 385 g/mol. The lowest BCUT2D eigenvalue weighted by Crippen LogP contribution is -1.85. The van der Waals surface area contributed by atoms with E-state index in [0.717, 1.165) is 16.7 Å². The van der Waals surface area contributed by atoms with Gasteiger partial charge in [-0.1, -0.05) is 40.1 Å². The van der Waals surface area contributed by atoms with Crippen LogP contribution in [0.15, 0.2) is 56.9 Å². The first kappa shape index (κ1) is 16.7. The number of nitrogens with zero attached hydrogens (tertiary/aromatic N) is 5. The Labute approximate surface area is 157 Å². The van der Waals surface area contributed by atoms with Crippen LogP contribution < -0.4 is 0 Å². The van der Waals surface area contributed by atoms with Gasteiger partial charge in [-0.25, -0.2) is 0 Å². The molecule has 0 atom stereocenters. The Bertz CT molecular complexity index is 1030. The van der Waals surface area contributed by atoms with Crippen molar-refractivity contribution in [2.45, 2.75) is 17.9 Å². The molecule has 9 heteroatoms. The van der Waals surface area contributed by atoms with Crippen molar-refractivity contribution in [1.29, 1.82) is 0 Å². The van der Waals surface area contributed by atoms with E-state index in [9.17, 15) is 0 Å². The van der Waals surface area contributed by atoms with E-state index in [1.807, 2.05) is 25.1 Å². The summed E-state index contributed by atoms with van der Waals surface area (Å²) in [6.45, 7) is 1.98. The minimum atomic E-state index is 0.411. The summed E-state index contributed by atoms with van der Waals surface area (Å²) >= 11 is 7.53. The smallest absolute Gasteiger partial charge is 0.277 e. The number of hydrogen-bond donors (Lipinski definition) is 0. The first-order chi connectivity index (χ1) is 12.7. The average Bonchev–Trinajstić information content (AvgIpc) is 3.32. The number of rotatable bonds is 5. The van der Waals surface area contributed by atoms with Crippen LogP contribution in [0, 0.1) is 6.92 Å². The molecule has 0 N–H and O–H groups in total. The van der Waals surface area contributed by atoms with Crippen LogP contribution in [0.2, 0.25) is 5.02 Å². The van der Waals surface area contributed by atoms with Crippen LogP contribution in [0.3, 0.4) is 0 Å². The van der Waals surface area contributed by atoms with Gasteiger partial charge in [0.1, 0.15) is 0 Å². The topological polar surface area (TPSA) is 90.7 Å². The maximum atomic E-state index is 6.21. The second-order valence-corrected chi connectivity index (χ2v) is 6.73. The van der Waals surface area contributed by atoms with Crippen molar-refractivity contribution >= 4 is 23.4 Å². The Morgan fingerprint density at radius 2 is 1.96 bits per heavy atom. The van der Waals surface area contributed by atoms with Crippen LogP contribution in [0.5, 0.6) is 0 Å². The van der Waals surface area contributed by atoms with Crippen molar-refractivity contribution in [3.05, 3.63) is 59.2 Å². The highest BCUT2D eigenvalue weighted by molar-refractivity contribution is 7.98. The molecule has 0 saturated carbocycles. The zero-order chi connectivity index (χ0) is 17.9. The number of pyridine rings is 1. The molecule has 0 spiro atoms. The zero-order valence-electron chi connectivity index (χ0n) is 13.6. The van der Waals surface area contributed by atoms with Crippen LogP contribution >= 0.6 is 23.4 Å². The Morgan fingerprint density at radius 1 is 1.12 bits per heavy atom. The largest absolute Gasteiger partial charge is 0.411 e. The summed E-state index contributed by atoms with van der Waals surface area (Å²) in [5, 5.41) is 13.0. The molecule has 3 heterocycles. The predicted octanol–water partition coefficient (Wildman–Crippen LogP) is 4.44. The van der Waals surface area contributed by atoms with Gasteiger partial charge in [-0.2, -0.15) is 4.98 Å². The minimum absolute atomic E-state index is 0.411. The maximum Gasteiger partial charge on any atom is 0.277 e. The third kappa shape index (κ3) is 3.61. The highest BCUT2D eigenvalue weighted by Crippen LogP contribution is 2.29. The van der Waals surface area contributed by atoms with Gasteiger partial charge in [0, 0.05) is 23.5 Å². The standard InChI is InChI=1S/C17H12ClN5O2S/c1-10-2-3-13(18)12(8-10)15-20-14(25-23-15)9-26-17-22-21-16(24-17)11-4-6-19-7-5-11/h2-8H,9H2,1H3. The summed E-state index contributed by atoms with van der Waals surface area (Å²) < 4.78 is 10.9. The van der Waals surface area contributed by atoms with E-state index in [1.165, 1.54) is 11.8 Å². The molecule has 0 aliphatic heterocycles. The molecule has 1 aromatic carbocycles. The number of halogens is 1. The van der Waals surface area contributed by atoms with Gasteiger partial charge in [0.05, 0.1) is 10.8 Å². The summed E-state index contributed by atoms with van der Waals surface area (Å²) in [6.07, 6.45) is 3.34. The van der Waals surface area contributed by atoms with Gasteiger partial charge in [-0.05, 0) is 31.2 Å². The molecule has 0 amide bonds. The molecule has 0 bridgehead atoms. The molecule has 0 radical (unpaired) electrons. The normalized spacial score (nSPS) is 11.0. The van der Waals surface area contributed by atoms with Crippen molar-refractivity contribution in [3.8, 4) is 22.8 Å². The lowest BCUT2D eigenvalue weighted by atomic mass is 10.1. The number of benzene rings is 1. The van der Waals surface area contributed by atoms with Crippen molar-refractivity contribution in [2.24, 2.45) is 0 Å². The fraction of sp³-hybridized carbons (Fsp3) is 0.118. The van der Waals surface area contributed by atoms with E-state index in [2.05, 4.69) is 25.3 Å². The molecule has 4 aromatic rings. The maximum absolute atomic E-state index is 6.21. The Morgan fingerprint density at radius 3 is 2.81 bits per heavy atom.